The van der Waals surface area contributed by atoms with Gasteiger partial charge >= 0.3 is 6.03 Å². The highest BCUT2D eigenvalue weighted by molar-refractivity contribution is 5.95. The van der Waals surface area contributed by atoms with Gasteiger partial charge in [0.2, 0.25) is 0 Å². The van der Waals surface area contributed by atoms with Crippen molar-refractivity contribution >= 4 is 17.6 Å². The first-order valence-corrected chi connectivity index (χ1v) is 8.63. The molecule has 26 heavy (non-hydrogen) atoms. The second-order valence-corrected chi connectivity index (χ2v) is 6.31. The topological polar surface area (TPSA) is 61.9 Å². The third kappa shape index (κ3) is 4.14. The van der Waals surface area contributed by atoms with Gasteiger partial charge in [0.25, 0.3) is 5.91 Å². The van der Waals surface area contributed by atoms with Gasteiger partial charge in [-0.05, 0) is 48.9 Å². The smallest absolute Gasteiger partial charge is 0.321 e. The zero-order valence-corrected chi connectivity index (χ0v) is 15.1. The summed E-state index contributed by atoms with van der Waals surface area (Å²) in [5.41, 5.74) is 2.51. The first kappa shape index (κ1) is 17.8. The van der Waals surface area contributed by atoms with E-state index >= 15 is 0 Å². The van der Waals surface area contributed by atoms with Crippen LogP contribution in [0.3, 0.4) is 0 Å². The molecule has 1 fully saturated rings. The van der Waals surface area contributed by atoms with Crippen molar-refractivity contribution in [2.75, 3.05) is 38.6 Å². The Morgan fingerprint density at radius 2 is 1.62 bits per heavy atom. The van der Waals surface area contributed by atoms with Gasteiger partial charge in [0.1, 0.15) is 5.75 Å². The maximum absolute atomic E-state index is 12.6. The lowest BCUT2D eigenvalue weighted by atomic mass is 10.1. The highest BCUT2D eigenvalue weighted by atomic mass is 16.5. The molecule has 0 aliphatic carbocycles. The van der Waals surface area contributed by atoms with Crippen LogP contribution in [0.1, 0.15) is 15.9 Å². The van der Waals surface area contributed by atoms with Crippen molar-refractivity contribution in [1.82, 2.24) is 9.80 Å². The molecule has 0 atom stereocenters. The van der Waals surface area contributed by atoms with Crippen molar-refractivity contribution in [3.63, 3.8) is 0 Å². The lowest BCUT2D eigenvalue weighted by Crippen LogP contribution is -2.51. The number of nitrogens with one attached hydrogen (secondary N) is 1. The predicted octanol–water partition coefficient (Wildman–Crippen LogP) is 2.99. The van der Waals surface area contributed by atoms with Crippen LogP contribution in [-0.4, -0.2) is 55.0 Å². The number of amides is 3. The Balaban J connectivity index is 1.54. The molecule has 1 aliphatic heterocycles. The molecule has 1 N–H and O–H groups in total. The quantitative estimate of drug-likeness (QED) is 0.923. The van der Waals surface area contributed by atoms with Crippen LogP contribution < -0.4 is 10.1 Å². The largest absolute Gasteiger partial charge is 0.497 e. The fraction of sp³-hybridized carbons (Fsp3) is 0.300. The molecule has 0 aromatic heterocycles. The number of piperazine rings is 1. The summed E-state index contributed by atoms with van der Waals surface area (Å²) >= 11 is 0. The molecule has 136 valence electrons. The Morgan fingerprint density at radius 3 is 2.23 bits per heavy atom. The van der Waals surface area contributed by atoms with Gasteiger partial charge in [-0.15, -0.1) is 0 Å². The van der Waals surface area contributed by atoms with E-state index < -0.39 is 0 Å². The molecule has 3 amide bonds. The Kier molecular flexibility index (Phi) is 5.41. The van der Waals surface area contributed by atoms with Crippen LogP contribution in [0.15, 0.2) is 48.5 Å². The average Bonchev–Trinajstić information content (AvgIpc) is 2.67. The Morgan fingerprint density at radius 1 is 0.962 bits per heavy atom. The lowest BCUT2D eigenvalue weighted by Gasteiger charge is -2.34. The van der Waals surface area contributed by atoms with E-state index in [1.54, 1.807) is 41.2 Å². The maximum atomic E-state index is 12.6. The van der Waals surface area contributed by atoms with Crippen molar-refractivity contribution in [2.24, 2.45) is 0 Å². The van der Waals surface area contributed by atoms with E-state index in [4.69, 9.17) is 4.74 Å². The summed E-state index contributed by atoms with van der Waals surface area (Å²) in [6.07, 6.45) is 0. The van der Waals surface area contributed by atoms with Crippen molar-refractivity contribution in [1.29, 1.82) is 0 Å². The number of carbonyl (C=O) groups is 2. The van der Waals surface area contributed by atoms with Crippen LogP contribution >= 0.6 is 0 Å². The molecule has 6 heteroatoms. The van der Waals surface area contributed by atoms with E-state index in [0.717, 1.165) is 17.0 Å². The van der Waals surface area contributed by atoms with Crippen LogP contribution in [0, 0.1) is 6.92 Å². The number of carbonyl (C=O) groups excluding carboxylic acids is 2. The number of rotatable bonds is 3. The zero-order chi connectivity index (χ0) is 18.5. The van der Waals surface area contributed by atoms with Gasteiger partial charge in [0.15, 0.2) is 0 Å². The van der Waals surface area contributed by atoms with Crippen LogP contribution in [0.5, 0.6) is 5.75 Å². The summed E-state index contributed by atoms with van der Waals surface area (Å²) in [7, 11) is 1.60. The van der Waals surface area contributed by atoms with Gasteiger partial charge in [-0.3, -0.25) is 4.79 Å². The summed E-state index contributed by atoms with van der Waals surface area (Å²) in [5, 5.41) is 2.91. The van der Waals surface area contributed by atoms with Gasteiger partial charge in [0.05, 0.1) is 7.11 Å². The Labute approximate surface area is 153 Å². The highest BCUT2D eigenvalue weighted by Gasteiger charge is 2.24. The predicted molar refractivity (Wildman–Crippen MR) is 101 cm³/mol. The zero-order valence-electron chi connectivity index (χ0n) is 15.1. The standard InChI is InChI=1S/C20H23N3O3/c1-15-4-3-5-17(14-15)21-20(25)23-12-10-22(11-13-23)19(24)16-6-8-18(26-2)9-7-16/h3-9,14H,10-13H2,1-2H3,(H,21,25). The summed E-state index contributed by atoms with van der Waals surface area (Å²) in [4.78, 5) is 28.5. The number of hydrogen-bond acceptors (Lipinski definition) is 3. The number of methoxy groups -OCH3 is 1. The third-order valence-corrected chi connectivity index (χ3v) is 4.46. The number of hydrogen-bond donors (Lipinski definition) is 1. The molecular weight excluding hydrogens is 330 g/mol. The van der Waals surface area contributed by atoms with Crippen molar-refractivity contribution in [3.05, 3.63) is 59.7 Å². The number of urea groups is 1. The first-order valence-electron chi connectivity index (χ1n) is 8.63. The fourth-order valence-electron chi connectivity index (χ4n) is 2.95. The summed E-state index contributed by atoms with van der Waals surface area (Å²) in [6.45, 7) is 4.05. The minimum Gasteiger partial charge on any atom is -0.497 e. The van der Waals surface area contributed by atoms with Crippen molar-refractivity contribution in [3.8, 4) is 5.75 Å². The van der Waals surface area contributed by atoms with Gasteiger partial charge in [-0.25, -0.2) is 4.79 Å². The minimum absolute atomic E-state index is 0.0219. The lowest BCUT2D eigenvalue weighted by molar-refractivity contribution is 0.0671. The van der Waals surface area contributed by atoms with Gasteiger partial charge in [-0.2, -0.15) is 0 Å². The molecule has 0 spiro atoms. The van der Waals surface area contributed by atoms with Gasteiger partial charge in [-0.1, -0.05) is 12.1 Å². The molecular formula is C20H23N3O3. The molecule has 0 bridgehead atoms. The number of benzene rings is 2. The SMILES string of the molecule is COc1ccc(C(=O)N2CCN(C(=O)Nc3cccc(C)c3)CC2)cc1. The van der Waals surface area contributed by atoms with Crippen LogP contribution in [0.25, 0.3) is 0 Å². The van der Waals surface area contributed by atoms with E-state index in [9.17, 15) is 9.59 Å². The van der Waals surface area contributed by atoms with E-state index in [0.29, 0.717) is 31.7 Å². The Bertz CT molecular complexity index is 781. The molecule has 1 aliphatic rings. The van der Waals surface area contributed by atoms with Gasteiger partial charge < -0.3 is 19.9 Å². The third-order valence-electron chi connectivity index (χ3n) is 4.46. The average molecular weight is 353 g/mol. The molecule has 2 aromatic rings. The Hall–Kier alpha value is -3.02. The molecule has 2 aromatic carbocycles. The number of nitrogens with zero attached hydrogens (tertiary/aromatic N) is 2. The molecule has 3 rings (SSSR count). The summed E-state index contributed by atoms with van der Waals surface area (Å²) < 4.78 is 5.11. The molecule has 1 saturated heterocycles. The molecule has 0 unspecified atom stereocenters. The number of anilines is 1. The second-order valence-electron chi connectivity index (χ2n) is 6.31. The normalized spacial score (nSPS) is 14.1. The molecule has 6 nitrogen and oxygen atoms in total. The molecule has 0 saturated carbocycles. The first-order chi connectivity index (χ1) is 12.6. The monoisotopic (exact) mass is 353 g/mol. The second kappa shape index (κ2) is 7.91. The molecule has 0 radical (unpaired) electrons. The number of ether oxygens (including phenoxy) is 1. The van der Waals surface area contributed by atoms with Crippen molar-refractivity contribution in [2.45, 2.75) is 6.92 Å². The van der Waals surface area contributed by atoms with Crippen LogP contribution in [0.2, 0.25) is 0 Å². The molecule has 1 heterocycles. The minimum atomic E-state index is -0.132. The van der Waals surface area contributed by atoms with Crippen LogP contribution in [-0.2, 0) is 0 Å². The fourth-order valence-corrected chi connectivity index (χ4v) is 2.95. The van der Waals surface area contributed by atoms with E-state index in [-0.39, 0.29) is 11.9 Å². The summed E-state index contributed by atoms with van der Waals surface area (Å²) in [5.74, 6) is 0.700. The van der Waals surface area contributed by atoms with E-state index in [1.807, 2.05) is 31.2 Å². The van der Waals surface area contributed by atoms with Crippen molar-refractivity contribution < 1.29 is 14.3 Å². The summed E-state index contributed by atoms with van der Waals surface area (Å²) in [6, 6.07) is 14.6. The van der Waals surface area contributed by atoms with Crippen LogP contribution in [0.4, 0.5) is 10.5 Å². The maximum Gasteiger partial charge on any atom is 0.321 e. The van der Waals surface area contributed by atoms with Gasteiger partial charge in [0, 0.05) is 37.4 Å². The van der Waals surface area contributed by atoms with E-state index in [1.165, 1.54) is 0 Å². The highest BCUT2D eigenvalue weighted by Crippen LogP contribution is 2.15. The number of aryl methyl sites for hydroxylation is 1. The van der Waals surface area contributed by atoms with E-state index in [2.05, 4.69) is 5.32 Å².